The maximum Gasteiger partial charge on any atom is 0.185 e. The molecule has 1 atom stereocenters. The summed E-state index contributed by atoms with van der Waals surface area (Å²) in [5.74, 6) is 1.14. The van der Waals surface area contributed by atoms with E-state index in [1.165, 1.54) is 11.3 Å². The molecule has 0 aliphatic heterocycles. The Hall–Kier alpha value is -0.260. The van der Waals surface area contributed by atoms with Crippen LogP contribution in [0.15, 0.2) is 6.20 Å². The quantitative estimate of drug-likeness (QED) is 0.737. The molecule has 1 N–H and O–H groups in total. The topological polar surface area (TPSA) is 28.2 Å². The molecule has 3 nitrogen and oxygen atoms in total. The van der Waals surface area contributed by atoms with Crippen molar-refractivity contribution in [3.8, 4) is 0 Å². The van der Waals surface area contributed by atoms with Crippen LogP contribution in [0.25, 0.3) is 0 Å². The molecule has 17 heavy (non-hydrogen) atoms. The SMILES string of the molecule is CCCNCc1cnc(N(C)C(C)CSC)s1. The third kappa shape index (κ3) is 4.85. The monoisotopic (exact) mass is 273 g/mol. The van der Waals surface area contributed by atoms with Crippen molar-refractivity contribution < 1.29 is 0 Å². The summed E-state index contributed by atoms with van der Waals surface area (Å²) >= 11 is 3.67. The van der Waals surface area contributed by atoms with Crippen LogP contribution < -0.4 is 10.2 Å². The first-order valence-electron chi connectivity index (χ1n) is 6.06. The van der Waals surface area contributed by atoms with E-state index in [0.717, 1.165) is 24.0 Å². The van der Waals surface area contributed by atoms with Crippen LogP contribution in [0, 0.1) is 0 Å². The zero-order valence-electron chi connectivity index (χ0n) is 11.2. The van der Waals surface area contributed by atoms with E-state index in [-0.39, 0.29) is 0 Å². The zero-order valence-corrected chi connectivity index (χ0v) is 12.8. The minimum absolute atomic E-state index is 0.535. The van der Waals surface area contributed by atoms with E-state index in [1.807, 2.05) is 18.0 Å². The van der Waals surface area contributed by atoms with Gasteiger partial charge < -0.3 is 10.2 Å². The van der Waals surface area contributed by atoms with Crippen LogP contribution >= 0.6 is 23.1 Å². The molecule has 0 amide bonds. The van der Waals surface area contributed by atoms with Gasteiger partial charge in [0.2, 0.25) is 0 Å². The second-order valence-electron chi connectivity index (χ2n) is 4.20. The van der Waals surface area contributed by atoms with Crippen molar-refractivity contribution in [3.05, 3.63) is 11.1 Å². The summed E-state index contributed by atoms with van der Waals surface area (Å²) in [7, 11) is 2.13. The van der Waals surface area contributed by atoms with E-state index >= 15 is 0 Å². The van der Waals surface area contributed by atoms with Gasteiger partial charge in [0.05, 0.1) is 0 Å². The number of nitrogens with one attached hydrogen (secondary N) is 1. The summed E-state index contributed by atoms with van der Waals surface area (Å²) in [6.45, 7) is 6.44. The van der Waals surface area contributed by atoms with E-state index in [4.69, 9.17) is 0 Å². The van der Waals surface area contributed by atoms with Crippen molar-refractivity contribution in [2.24, 2.45) is 0 Å². The number of thioether (sulfide) groups is 1. The fourth-order valence-electron chi connectivity index (χ4n) is 1.47. The molecule has 0 saturated heterocycles. The number of thiazole rings is 1. The van der Waals surface area contributed by atoms with E-state index < -0.39 is 0 Å². The van der Waals surface area contributed by atoms with E-state index in [2.05, 4.69) is 42.4 Å². The second-order valence-corrected chi connectivity index (χ2v) is 6.21. The third-order valence-electron chi connectivity index (χ3n) is 2.64. The number of rotatable bonds is 8. The molecule has 1 heterocycles. The normalized spacial score (nSPS) is 12.7. The van der Waals surface area contributed by atoms with Crippen LogP contribution in [0.1, 0.15) is 25.1 Å². The molecular weight excluding hydrogens is 250 g/mol. The van der Waals surface area contributed by atoms with Gasteiger partial charge >= 0.3 is 0 Å². The minimum atomic E-state index is 0.535. The fraction of sp³-hybridized carbons (Fsp3) is 0.750. The number of aromatic nitrogens is 1. The second kappa shape index (κ2) is 7.95. The Balaban J connectivity index is 2.48. The maximum absolute atomic E-state index is 4.49. The Morgan fingerprint density at radius 3 is 3.00 bits per heavy atom. The molecule has 0 spiro atoms. The van der Waals surface area contributed by atoms with Crippen molar-refractivity contribution in [1.29, 1.82) is 0 Å². The van der Waals surface area contributed by atoms with Crippen LogP contribution in [0.4, 0.5) is 5.13 Å². The van der Waals surface area contributed by atoms with Crippen molar-refractivity contribution in [2.75, 3.05) is 30.5 Å². The average molecular weight is 273 g/mol. The average Bonchev–Trinajstić information content (AvgIpc) is 2.77. The molecule has 1 aromatic heterocycles. The molecule has 1 aromatic rings. The van der Waals surface area contributed by atoms with Gasteiger partial charge in [0, 0.05) is 36.5 Å². The van der Waals surface area contributed by atoms with E-state index in [1.54, 1.807) is 11.3 Å². The molecule has 0 saturated carbocycles. The third-order valence-corrected chi connectivity index (χ3v) is 4.54. The molecular formula is C12H23N3S2. The molecule has 98 valence electrons. The summed E-state index contributed by atoms with van der Waals surface area (Å²) < 4.78 is 0. The molecule has 0 aromatic carbocycles. The number of nitrogens with zero attached hydrogens (tertiary/aromatic N) is 2. The van der Waals surface area contributed by atoms with Crippen molar-refractivity contribution in [1.82, 2.24) is 10.3 Å². The van der Waals surface area contributed by atoms with Gasteiger partial charge in [0.15, 0.2) is 5.13 Å². The van der Waals surface area contributed by atoms with E-state index in [0.29, 0.717) is 6.04 Å². The highest BCUT2D eigenvalue weighted by Crippen LogP contribution is 2.23. The Morgan fingerprint density at radius 2 is 2.35 bits per heavy atom. The van der Waals surface area contributed by atoms with E-state index in [9.17, 15) is 0 Å². The van der Waals surface area contributed by atoms with Gasteiger partial charge in [-0.1, -0.05) is 6.92 Å². The van der Waals surface area contributed by atoms with Gasteiger partial charge in [-0.3, -0.25) is 0 Å². The molecule has 0 radical (unpaired) electrons. The Morgan fingerprint density at radius 1 is 1.59 bits per heavy atom. The predicted octanol–water partition coefficient (Wildman–Crippen LogP) is 2.83. The molecule has 5 heteroatoms. The summed E-state index contributed by atoms with van der Waals surface area (Å²) in [6.07, 6.45) is 5.31. The van der Waals surface area contributed by atoms with Crippen molar-refractivity contribution in [3.63, 3.8) is 0 Å². The number of hydrogen-bond donors (Lipinski definition) is 1. The lowest BCUT2D eigenvalue weighted by molar-refractivity contribution is 0.681. The zero-order chi connectivity index (χ0) is 12.7. The highest BCUT2D eigenvalue weighted by atomic mass is 32.2. The van der Waals surface area contributed by atoms with Crippen LogP contribution in [-0.2, 0) is 6.54 Å². The van der Waals surface area contributed by atoms with Gasteiger partial charge in [-0.05, 0) is 26.1 Å². The highest BCUT2D eigenvalue weighted by molar-refractivity contribution is 7.98. The Kier molecular flexibility index (Phi) is 6.92. The van der Waals surface area contributed by atoms with Gasteiger partial charge in [0.1, 0.15) is 0 Å². The largest absolute Gasteiger partial charge is 0.348 e. The van der Waals surface area contributed by atoms with Gasteiger partial charge in [-0.15, -0.1) is 11.3 Å². The Labute approximate surface area is 113 Å². The standard InChI is InChI=1S/C12H23N3S2/c1-5-6-13-7-11-8-14-12(17-11)15(3)10(2)9-16-4/h8,10,13H,5-7,9H2,1-4H3. The summed E-state index contributed by atoms with van der Waals surface area (Å²) in [4.78, 5) is 8.08. The first-order valence-corrected chi connectivity index (χ1v) is 8.27. The van der Waals surface area contributed by atoms with Crippen LogP contribution in [0.5, 0.6) is 0 Å². The van der Waals surface area contributed by atoms with Crippen molar-refractivity contribution >= 4 is 28.2 Å². The summed E-state index contributed by atoms with van der Waals surface area (Å²) in [5.41, 5.74) is 0. The fourth-order valence-corrected chi connectivity index (χ4v) is 3.12. The summed E-state index contributed by atoms with van der Waals surface area (Å²) in [6, 6.07) is 0.535. The smallest absolute Gasteiger partial charge is 0.185 e. The Bertz CT molecular complexity index is 314. The first kappa shape index (κ1) is 14.8. The van der Waals surface area contributed by atoms with Crippen LogP contribution in [-0.4, -0.2) is 36.6 Å². The number of hydrogen-bond acceptors (Lipinski definition) is 5. The lowest BCUT2D eigenvalue weighted by Crippen LogP contribution is -2.30. The minimum Gasteiger partial charge on any atom is -0.348 e. The lowest BCUT2D eigenvalue weighted by Gasteiger charge is -2.23. The molecule has 0 aliphatic rings. The van der Waals surface area contributed by atoms with Crippen LogP contribution in [0.3, 0.4) is 0 Å². The molecule has 0 aliphatic carbocycles. The van der Waals surface area contributed by atoms with Crippen LogP contribution in [0.2, 0.25) is 0 Å². The predicted molar refractivity (Wildman–Crippen MR) is 80.4 cm³/mol. The maximum atomic E-state index is 4.49. The molecule has 1 unspecified atom stereocenters. The molecule has 0 bridgehead atoms. The molecule has 0 fully saturated rings. The number of anilines is 1. The molecule has 1 rings (SSSR count). The summed E-state index contributed by atoms with van der Waals surface area (Å²) in [5, 5.41) is 4.53. The highest BCUT2D eigenvalue weighted by Gasteiger charge is 2.12. The van der Waals surface area contributed by atoms with Gasteiger partial charge in [-0.25, -0.2) is 4.98 Å². The van der Waals surface area contributed by atoms with Gasteiger partial charge in [0.25, 0.3) is 0 Å². The van der Waals surface area contributed by atoms with Crippen molar-refractivity contribution in [2.45, 2.75) is 32.9 Å². The lowest BCUT2D eigenvalue weighted by atomic mass is 10.4. The first-order chi connectivity index (χ1) is 8.19. The van der Waals surface area contributed by atoms with Gasteiger partial charge in [-0.2, -0.15) is 11.8 Å².